The minimum atomic E-state index is -0.0190. The summed E-state index contributed by atoms with van der Waals surface area (Å²) in [5.41, 5.74) is 2.68. The van der Waals surface area contributed by atoms with Crippen molar-refractivity contribution in [1.29, 1.82) is 0 Å². The summed E-state index contributed by atoms with van der Waals surface area (Å²) >= 11 is 0. The van der Waals surface area contributed by atoms with Gasteiger partial charge in [0.15, 0.2) is 5.69 Å². The van der Waals surface area contributed by atoms with E-state index in [4.69, 9.17) is 0 Å². The summed E-state index contributed by atoms with van der Waals surface area (Å²) in [4.78, 5) is 19.0. The van der Waals surface area contributed by atoms with E-state index in [1.807, 2.05) is 29.3 Å². The monoisotopic (exact) mass is 332 g/mol. The SMILES string of the molecule is O=C(c1cccnn1)N1CCC[C@H](Cc2cnc3ccccc3c2)C1. The fourth-order valence-electron chi connectivity index (χ4n) is 3.56. The zero-order valence-electron chi connectivity index (χ0n) is 14.0. The summed E-state index contributed by atoms with van der Waals surface area (Å²) in [6, 6.07) is 13.9. The highest BCUT2D eigenvalue weighted by Crippen LogP contribution is 2.23. The second-order valence-electron chi connectivity index (χ2n) is 6.61. The minimum Gasteiger partial charge on any atom is -0.337 e. The number of nitrogens with zero attached hydrogens (tertiary/aromatic N) is 4. The fourth-order valence-corrected chi connectivity index (χ4v) is 3.56. The lowest BCUT2D eigenvalue weighted by Gasteiger charge is -2.32. The molecule has 1 saturated heterocycles. The molecule has 2 aromatic heterocycles. The molecule has 0 bridgehead atoms. The average Bonchev–Trinajstić information content (AvgIpc) is 2.68. The molecule has 5 nitrogen and oxygen atoms in total. The van der Waals surface area contributed by atoms with Gasteiger partial charge in [0, 0.05) is 30.9 Å². The predicted octanol–water partition coefficient (Wildman–Crippen LogP) is 3.12. The molecule has 1 aliphatic rings. The molecule has 0 aliphatic carbocycles. The molecule has 3 heterocycles. The van der Waals surface area contributed by atoms with Crippen LogP contribution in [0.15, 0.2) is 54.9 Å². The van der Waals surface area contributed by atoms with Gasteiger partial charge in [-0.2, -0.15) is 5.10 Å². The molecule has 0 radical (unpaired) electrons. The summed E-state index contributed by atoms with van der Waals surface area (Å²) < 4.78 is 0. The van der Waals surface area contributed by atoms with Gasteiger partial charge in [0.25, 0.3) is 5.91 Å². The minimum absolute atomic E-state index is 0.0190. The molecule has 0 spiro atoms. The van der Waals surface area contributed by atoms with Gasteiger partial charge < -0.3 is 4.90 Å². The van der Waals surface area contributed by atoms with Crippen LogP contribution in [-0.4, -0.2) is 39.1 Å². The van der Waals surface area contributed by atoms with E-state index in [-0.39, 0.29) is 5.91 Å². The van der Waals surface area contributed by atoms with Crippen LogP contribution in [0.4, 0.5) is 0 Å². The molecule has 25 heavy (non-hydrogen) atoms. The molecule has 3 aromatic rings. The number of pyridine rings is 1. The highest BCUT2D eigenvalue weighted by atomic mass is 16.2. The van der Waals surface area contributed by atoms with Gasteiger partial charge in [-0.25, -0.2) is 0 Å². The Balaban J connectivity index is 1.46. The Labute approximate surface area is 146 Å². The lowest BCUT2D eigenvalue weighted by atomic mass is 9.91. The average molecular weight is 332 g/mol. The number of rotatable bonds is 3. The first-order valence-corrected chi connectivity index (χ1v) is 8.70. The number of carbonyl (C=O) groups excluding carboxylic acids is 1. The third kappa shape index (κ3) is 3.50. The maximum Gasteiger partial charge on any atom is 0.274 e. The van der Waals surface area contributed by atoms with E-state index in [9.17, 15) is 4.79 Å². The molecule has 0 saturated carbocycles. The molecule has 4 rings (SSSR count). The lowest BCUT2D eigenvalue weighted by Crippen LogP contribution is -2.40. The van der Waals surface area contributed by atoms with Crippen molar-refractivity contribution in [3.63, 3.8) is 0 Å². The highest BCUT2D eigenvalue weighted by molar-refractivity contribution is 5.92. The number of hydrogen-bond acceptors (Lipinski definition) is 4. The van der Waals surface area contributed by atoms with Crippen molar-refractivity contribution in [1.82, 2.24) is 20.1 Å². The van der Waals surface area contributed by atoms with Crippen LogP contribution in [0.2, 0.25) is 0 Å². The Bertz CT molecular complexity index is 881. The third-order valence-electron chi connectivity index (χ3n) is 4.77. The Morgan fingerprint density at radius 2 is 2.12 bits per heavy atom. The number of piperidine rings is 1. The van der Waals surface area contributed by atoms with Gasteiger partial charge in [0.05, 0.1) is 5.52 Å². The largest absolute Gasteiger partial charge is 0.337 e. The van der Waals surface area contributed by atoms with Crippen LogP contribution in [0, 0.1) is 5.92 Å². The summed E-state index contributed by atoms with van der Waals surface area (Å²) in [6.07, 6.45) is 6.66. The van der Waals surface area contributed by atoms with Crippen LogP contribution in [0.25, 0.3) is 10.9 Å². The van der Waals surface area contributed by atoms with E-state index in [0.717, 1.165) is 37.9 Å². The van der Waals surface area contributed by atoms with Crippen LogP contribution < -0.4 is 0 Å². The number of hydrogen-bond donors (Lipinski definition) is 0. The van der Waals surface area contributed by atoms with Gasteiger partial charge in [-0.3, -0.25) is 9.78 Å². The molecule has 1 aliphatic heterocycles. The maximum atomic E-state index is 12.6. The molecule has 1 aromatic carbocycles. The second kappa shape index (κ2) is 6.97. The summed E-state index contributed by atoms with van der Waals surface area (Å²) in [6.45, 7) is 1.56. The summed E-state index contributed by atoms with van der Waals surface area (Å²) in [5, 5.41) is 8.93. The van der Waals surface area contributed by atoms with E-state index < -0.39 is 0 Å². The van der Waals surface area contributed by atoms with Crippen LogP contribution in [0.1, 0.15) is 28.9 Å². The summed E-state index contributed by atoms with van der Waals surface area (Å²) in [7, 11) is 0. The van der Waals surface area contributed by atoms with Crippen LogP contribution in [0.5, 0.6) is 0 Å². The zero-order chi connectivity index (χ0) is 17.1. The normalized spacial score (nSPS) is 17.6. The zero-order valence-corrected chi connectivity index (χ0v) is 14.0. The molecular weight excluding hydrogens is 312 g/mol. The number of carbonyl (C=O) groups is 1. The first-order valence-electron chi connectivity index (χ1n) is 8.70. The summed E-state index contributed by atoms with van der Waals surface area (Å²) in [5.74, 6) is 0.437. The van der Waals surface area contributed by atoms with Gasteiger partial charge in [0.2, 0.25) is 0 Å². The van der Waals surface area contributed by atoms with Gasteiger partial charge >= 0.3 is 0 Å². The van der Waals surface area contributed by atoms with Crippen molar-refractivity contribution in [2.45, 2.75) is 19.3 Å². The molecule has 126 valence electrons. The van der Waals surface area contributed by atoms with Crippen molar-refractivity contribution in [3.05, 3.63) is 66.1 Å². The van der Waals surface area contributed by atoms with E-state index >= 15 is 0 Å². The predicted molar refractivity (Wildman–Crippen MR) is 96.1 cm³/mol. The molecule has 1 amide bonds. The van der Waals surface area contributed by atoms with E-state index in [0.29, 0.717) is 11.6 Å². The number of benzene rings is 1. The van der Waals surface area contributed by atoms with Crippen molar-refractivity contribution < 1.29 is 4.79 Å². The molecule has 0 N–H and O–H groups in total. The molecule has 0 unspecified atom stereocenters. The fraction of sp³-hybridized carbons (Fsp3) is 0.300. The van der Waals surface area contributed by atoms with Gasteiger partial charge in [0.1, 0.15) is 0 Å². The van der Waals surface area contributed by atoms with Crippen molar-refractivity contribution >= 4 is 16.8 Å². The van der Waals surface area contributed by atoms with Gasteiger partial charge in [-0.1, -0.05) is 18.2 Å². The molecule has 1 atom stereocenters. The topological polar surface area (TPSA) is 59.0 Å². The first-order chi connectivity index (χ1) is 12.3. The quantitative estimate of drug-likeness (QED) is 0.739. The number of aromatic nitrogens is 3. The van der Waals surface area contributed by atoms with Crippen LogP contribution in [0.3, 0.4) is 0 Å². The lowest BCUT2D eigenvalue weighted by molar-refractivity contribution is 0.0666. The Morgan fingerprint density at radius 3 is 3.00 bits per heavy atom. The van der Waals surface area contributed by atoms with Crippen LogP contribution in [-0.2, 0) is 6.42 Å². The van der Waals surface area contributed by atoms with Crippen molar-refractivity contribution in [2.24, 2.45) is 5.92 Å². The van der Waals surface area contributed by atoms with E-state index in [2.05, 4.69) is 27.3 Å². The van der Waals surface area contributed by atoms with Gasteiger partial charge in [-0.05, 0) is 55.0 Å². The van der Waals surface area contributed by atoms with Crippen molar-refractivity contribution in [2.75, 3.05) is 13.1 Å². The maximum absolute atomic E-state index is 12.6. The van der Waals surface area contributed by atoms with Crippen molar-refractivity contribution in [3.8, 4) is 0 Å². The molecule has 5 heteroatoms. The Hall–Kier alpha value is -2.82. The Morgan fingerprint density at radius 1 is 1.20 bits per heavy atom. The Kier molecular flexibility index (Phi) is 4.37. The van der Waals surface area contributed by atoms with E-state index in [1.54, 1.807) is 18.3 Å². The van der Waals surface area contributed by atoms with Crippen LogP contribution >= 0.6 is 0 Å². The standard InChI is InChI=1S/C20H20N4O/c25-20(19-8-3-9-22-23-19)24-10-4-5-15(14-24)11-16-12-17-6-1-2-7-18(17)21-13-16/h1-3,6-9,12-13,15H,4-5,10-11,14H2/t15-/m1/s1. The molecule has 1 fully saturated rings. The first kappa shape index (κ1) is 15.7. The molecular formula is C20H20N4O. The highest BCUT2D eigenvalue weighted by Gasteiger charge is 2.25. The number of para-hydroxylation sites is 1. The smallest absolute Gasteiger partial charge is 0.274 e. The number of likely N-dealkylation sites (tertiary alicyclic amines) is 1. The van der Waals surface area contributed by atoms with Gasteiger partial charge in [-0.15, -0.1) is 5.10 Å². The van der Waals surface area contributed by atoms with E-state index in [1.165, 1.54) is 10.9 Å². The number of fused-ring (bicyclic) bond motifs is 1. The third-order valence-corrected chi connectivity index (χ3v) is 4.77. The second-order valence-corrected chi connectivity index (χ2v) is 6.61. The number of amides is 1.